The van der Waals surface area contributed by atoms with Crippen LogP contribution in [0.4, 0.5) is 0 Å². The van der Waals surface area contributed by atoms with Crippen molar-refractivity contribution in [3.05, 3.63) is 29.8 Å². The molecule has 2 unspecified atom stereocenters. The van der Waals surface area contributed by atoms with E-state index in [4.69, 9.17) is 9.84 Å². The van der Waals surface area contributed by atoms with Crippen molar-refractivity contribution in [2.75, 3.05) is 13.7 Å². The molecular weight excluding hydrogens is 306 g/mol. The highest BCUT2D eigenvalue weighted by Gasteiger charge is 2.27. The van der Waals surface area contributed by atoms with Gasteiger partial charge in [0.05, 0.1) is 7.11 Å². The Balaban J connectivity index is 1.96. The average Bonchev–Trinajstić information content (AvgIpc) is 2.60. The fourth-order valence-electron chi connectivity index (χ4n) is 3.35. The number of aliphatic carboxylic acids is 1. The Bertz CT molecular complexity index is 555. The molecule has 0 aromatic heterocycles. The molecule has 1 amide bonds. The Kier molecular flexibility index (Phi) is 6.64. The molecule has 1 fully saturated rings. The number of carboxylic acids is 1. The van der Waals surface area contributed by atoms with E-state index in [1.165, 1.54) is 0 Å². The first-order chi connectivity index (χ1) is 11.5. The molecule has 0 aliphatic carbocycles. The number of carbonyl (C=O) groups excluding carboxylic acids is 1. The van der Waals surface area contributed by atoms with E-state index in [2.05, 4.69) is 6.92 Å². The smallest absolute Gasteiger partial charge is 0.303 e. The molecule has 132 valence electrons. The van der Waals surface area contributed by atoms with Gasteiger partial charge in [-0.2, -0.15) is 0 Å². The second-order valence-corrected chi connectivity index (χ2v) is 6.55. The van der Waals surface area contributed by atoms with Crippen LogP contribution in [-0.4, -0.2) is 41.6 Å². The summed E-state index contributed by atoms with van der Waals surface area (Å²) in [5, 5.41) is 8.89. The lowest BCUT2D eigenvalue weighted by Crippen LogP contribution is -2.44. The first-order valence-electron chi connectivity index (χ1n) is 8.66. The second-order valence-electron chi connectivity index (χ2n) is 6.55. The zero-order valence-electron chi connectivity index (χ0n) is 14.5. The number of benzene rings is 1. The number of piperidine rings is 1. The molecule has 0 saturated carbocycles. The number of ether oxygens (including phenoxy) is 1. The van der Waals surface area contributed by atoms with Crippen LogP contribution in [0.3, 0.4) is 0 Å². The van der Waals surface area contributed by atoms with Gasteiger partial charge in [-0.15, -0.1) is 0 Å². The van der Waals surface area contributed by atoms with E-state index in [1.807, 2.05) is 29.2 Å². The number of carboxylic acid groups (broad SMARTS) is 1. The molecule has 1 heterocycles. The van der Waals surface area contributed by atoms with Crippen molar-refractivity contribution in [3.8, 4) is 5.75 Å². The number of amides is 1. The minimum absolute atomic E-state index is 0.0745. The standard InChI is InChI=1S/C19H27NO4/c1-14(15-6-9-17(24-2)10-7-15)13-18(21)20-12-4-3-5-16(20)8-11-19(22)23/h6-7,9-10,14,16H,3-5,8,11-13H2,1-2H3,(H,22,23). The van der Waals surface area contributed by atoms with Gasteiger partial charge in [0.25, 0.3) is 0 Å². The Morgan fingerprint density at radius 3 is 2.62 bits per heavy atom. The summed E-state index contributed by atoms with van der Waals surface area (Å²) in [6, 6.07) is 7.88. The highest BCUT2D eigenvalue weighted by Crippen LogP contribution is 2.26. The van der Waals surface area contributed by atoms with E-state index in [0.29, 0.717) is 12.8 Å². The van der Waals surface area contributed by atoms with Gasteiger partial charge in [-0.1, -0.05) is 19.1 Å². The topological polar surface area (TPSA) is 66.8 Å². The predicted octanol–water partition coefficient (Wildman–Crippen LogP) is 3.43. The van der Waals surface area contributed by atoms with E-state index in [1.54, 1.807) is 7.11 Å². The minimum atomic E-state index is -0.792. The van der Waals surface area contributed by atoms with Crippen molar-refractivity contribution in [2.45, 2.75) is 57.4 Å². The van der Waals surface area contributed by atoms with Crippen LogP contribution in [0.15, 0.2) is 24.3 Å². The van der Waals surface area contributed by atoms with Gasteiger partial charge in [0.2, 0.25) is 5.91 Å². The van der Waals surface area contributed by atoms with E-state index in [0.717, 1.165) is 37.1 Å². The lowest BCUT2D eigenvalue weighted by Gasteiger charge is -2.36. The van der Waals surface area contributed by atoms with Crippen molar-refractivity contribution >= 4 is 11.9 Å². The van der Waals surface area contributed by atoms with E-state index in [-0.39, 0.29) is 24.3 Å². The molecule has 1 aliphatic heterocycles. The summed E-state index contributed by atoms with van der Waals surface area (Å²) >= 11 is 0. The van der Waals surface area contributed by atoms with Crippen LogP contribution in [0.2, 0.25) is 0 Å². The molecule has 5 nitrogen and oxygen atoms in total. The Morgan fingerprint density at radius 1 is 1.29 bits per heavy atom. The summed E-state index contributed by atoms with van der Waals surface area (Å²) in [5.41, 5.74) is 1.11. The zero-order chi connectivity index (χ0) is 17.5. The molecule has 1 saturated heterocycles. The second kappa shape index (κ2) is 8.71. The van der Waals surface area contributed by atoms with Crippen molar-refractivity contribution < 1.29 is 19.4 Å². The van der Waals surface area contributed by atoms with Gasteiger partial charge in [0, 0.05) is 25.4 Å². The van der Waals surface area contributed by atoms with Gasteiger partial charge in [-0.3, -0.25) is 9.59 Å². The normalized spacial score (nSPS) is 18.9. The summed E-state index contributed by atoms with van der Waals surface area (Å²) in [5.74, 6) is 0.278. The largest absolute Gasteiger partial charge is 0.497 e. The van der Waals surface area contributed by atoms with Crippen LogP contribution < -0.4 is 4.74 Å². The maximum Gasteiger partial charge on any atom is 0.303 e. The van der Waals surface area contributed by atoms with Crippen LogP contribution in [0.25, 0.3) is 0 Å². The summed E-state index contributed by atoms with van der Waals surface area (Å²) < 4.78 is 5.16. The quantitative estimate of drug-likeness (QED) is 0.830. The number of hydrogen-bond acceptors (Lipinski definition) is 3. The summed E-state index contributed by atoms with van der Waals surface area (Å²) in [4.78, 5) is 25.4. The highest BCUT2D eigenvalue weighted by atomic mass is 16.5. The van der Waals surface area contributed by atoms with Gasteiger partial charge in [0.15, 0.2) is 0 Å². The Hall–Kier alpha value is -2.04. The summed E-state index contributed by atoms with van der Waals surface area (Å²) in [7, 11) is 1.63. The third-order valence-corrected chi connectivity index (χ3v) is 4.80. The molecule has 5 heteroatoms. The van der Waals surface area contributed by atoms with Crippen LogP contribution in [-0.2, 0) is 9.59 Å². The van der Waals surface area contributed by atoms with Crippen molar-refractivity contribution in [2.24, 2.45) is 0 Å². The number of rotatable bonds is 7. The van der Waals surface area contributed by atoms with Crippen LogP contribution in [0.5, 0.6) is 5.75 Å². The number of likely N-dealkylation sites (tertiary alicyclic amines) is 1. The third-order valence-electron chi connectivity index (χ3n) is 4.80. The summed E-state index contributed by atoms with van der Waals surface area (Å²) in [6.07, 6.45) is 4.13. The fourth-order valence-corrected chi connectivity index (χ4v) is 3.35. The maximum absolute atomic E-state index is 12.7. The fraction of sp³-hybridized carbons (Fsp3) is 0.579. The Morgan fingerprint density at radius 2 is 2.00 bits per heavy atom. The van der Waals surface area contributed by atoms with Gasteiger partial charge >= 0.3 is 5.97 Å². The van der Waals surface area contributed by atoms with Crippen molar-refractivity contribution in [1.82, 2.24) is 4.90 Å². The molecule has 24 heavy (non-hydrogen) atoms. The number of nitrogens with zero attached hydrogens (tertiary/aromatic N) is 1. The molecule has 1 aliphatic rings. The lowest BCUT2D eigenvalue weighted by atomic mass is 9.94. The zero-order valence-corrected chi connectivity index (χ0v) is 14.5. The average molecular weight is 333 g/mol. The van der Waals surface area contributed by atoms with E-state index < -0.39 is 5.97 Å². The number of methoxy groups -OCH3 is 1. The molecule has 1 aromatic rings. The molecule has 0 spiro atoms. The molecule has 1 aromatic carbocycles. The van der Waals surface area contributed by atoms with Crippen molar-refractivity contribution in [1.29, 1.82) is 0 Å². The van der Waals surface area contributed by atoms with Gasteiger partial charge in [0.1, 0.15) is 5.75 Å². The van der Waals surface area contributed by atoms with Crippen LogP contribution >= 0.6 is 0 Å². The van der Waals surface area contributed by atoms with E-state index >= 15 is 0 Å². The third kappa shape index (κ3) is 4.98. The molecule has 2 rings (SSSR count). The highest BCUT2D eigenvalue weighted by molar-refractivity contribution is 5.77. The molecule has 0 radical (unpaired) electrons. The molecule has 1 N–H and O–H groups in total. The SMILES string of the molecule is COc1ccc(C(C)CC(=O)N2CCCCC2CCC(=O)O)cc1. The monoisotopic (exact) mass is 333 g/mol. The summed E-state index contributed by atoms with van der Waals surface area (Å²) in [6.45, 7) is 2.80. The van der Waals surface area contributed by atoms with Crippen LogP contribution in [0.1, 0.15) is 56.9 Å². The minimum Gasteiger partial charge on any atom is -0.497 e. The van der Waals surface area contributed by atoms with E-state index in [9.17, 15) is 9.59 Å². The Labute approximate surface area is 143 Å². The number of carbonyl (C=O) groups is 2. The first kappa shape index (κ1) is 18.3. The lowest BCUT2D eigenvalue weighted by molar-refractivity contribution is -0.140. The van der Waals surface area contributed by atoms with Gasteiger partial charge in [-0.05, 0) is 49.3 Å². The van der Waals surface area contributed by atoms with Crippen molar-refractivity contribution in [3.63, 3.8) is 0 Å². The molecule has 0 bridgehead atoms. The predicted molar refractivity (Wildman–Crippen MR) is 92.2 cm³/mol. The van der Waals surface area contributed by atoms with Gasteiger partial charge < -0.3 is 14.7 Å². The van der Waals surface area contributed by atoms with Gasteiger partial charge in [-0.25, -0.2) is 0 Å². The molecule has 2 atom stereocenters. The number of hydrogen-bond donors (Lipinski definition) is 1. The van der Waals surface area contributed by atoms with Crippen LogP contribution in [0, 0.1) is 0 Å². The molecular formula is C19H27NO4. The maximum atomic E-state index is 12.7. The first-order valence-corrected chi connectivity index (χ1v) is 8.66.